The summed E-state index contributed by atoms with van der Waals surface area (Å²) in [6.45, 7) is 0.419. The molecule has 0 radical (unpaired) electrons. The fourth-order valence-electron chi connectivity index (χ4n) is 0.980. The zero-order valence-corrected chi connectivity index (χ0v) is 8.19. The maximum Gasteiger partial charge on any atom is 0.419 e. The lowest BCUT2D eigenvalue weighted by Crippen LogP contribution is -2.39. The largest absolute Gasteiger partial charge is 0.479 e. The van der Waals surface area contributed by atoms with E-state index in [9.17, 15) is 23.1 Å². The molecule has 1 heterocycles. The van der Waals surface area contributed by atoms with E-state index in [1.165, 1.54) is 0 Å². The van der Waals surface area contributed by atoms with Crippen molar-refractivity contribution >= 4 is 5.97 Å². The van der Waals surface area contributed by atoms with Crippen LogP contribution in [0, 0.1) is 0 Å². The Labute approximate surface area is 88.1 Å². The number of aromatic nitrogens is 2. The lowest BCUT2D eigenvalue weighted by Gasteiger charge is -2.17. The number of carbonyl (C=O) groups is 1. The van der Waals surface area contributed by atoms with E-state index in [0.717, 1.165) is 11.6 Å². The van der Waals surface area contributed by atoms with Crippen molar-refractivity contribution in [2.45, 2.75) is 25.2 Å². The Morgan fingerprint density at radius 3 is 2.50 bits per heavy atom. The fourth-order valence-corrected chi connectivity index (χ4v) is 0.980. The number of hydrogen-bond donors (Lipinski definition) is 2. The summed E-state index contributed by atoms with van der Waals surface area (Å²) < 4.78 is 37.2. The molecule has 0 amide bonds. The van der Waals surface area contributed by atoms with Gasteiger partial charge >= 0.3 is 12.1 Å². The van der Waals surface area contributed by atoms with Crippen LogP contribution in [-0.2, 0) is 17.5 Å². The van der Waals surface area contributed by atoms with E-state index < -0.39 is 29.9 Å². The van der Waals surface area contributed by atoms with Crippen molar-refractivity contribution < 1.29 is 28.2 Å². The van der Waals surface area contributed by atoms with E-state index in [-0.39, 0.29) is 0 Å². The minimum Gasteiger partial charge on any atom is -0.479 e. The van der Waals surface area contributed by atoms with E-state index in [0.29, 0.717) is 12.4 Å². The molecule has 5 nitrogen and oxygen atoms in total. The molecule has 0 spiro atoms. The van der Waals surface area contributed by atoms with Crippen LogP contribution in [0.1, 0.15) is 12.5 Å². The van der Waals surface area contributed by atoms with Gasteiger partial charge in [-0.3, -0.25) is 4.68 Å². The second-order valence-corrected chi connectivity index (χ2v) is 3.50. The van der Waals surface area contributed by atoms with Crippen LogP contribution in [0.4, 0.5) is 13.2 Å². The topological polar surface area (TPSA) is 75.3 Å². The van der Waals surface area contributed by atoms with Gasteiger partial charge < -0.3 is 10.2 Å². The first-order valence-electron chi connectivity index (χ1n) is 4.18. The van der Waals surface area contributed by atoms with Gasteiger partial charge in [0.25, 0.3) is 0 Å². The van der Waals surface area contributed by atoms with Crippen LogP contribution < -0.4 is 0 Å². The Bertz CT molecular complexity index is 397. The number of halogens is 3. The molecular formula is C8H9F3N2O3. The van der Waals surface area contributed by atoms with Gasteiger partial charge in [0.2, 0.25) is 0 Å². The van der Waals surface area contributed by atoms with Crippen LogP contribution in [0.25, 0.3) is 0 Å². The van der Waals surface area contributed by atoms with Crippen molar-refractivity contribution in [3.8, 4) is 0 Å². The van der Waals surface area contributed by atoms with E-state index >= 15 is 0 Å². The highest BCUT2D eigenvalue weighted by molar-refractivity contribution is 5.76. The minimum atomic E-state index is -4.53. The molecule has 8 heteroatoms. The average molecular weight is 238 g/mol. The van der Waals surface area contributed by atoms with Gasteiger partial charge in [-0.25, -0.2) is 4.79 Å². The highest BCUT2D eigenvalue weighted by atomic mass is 19.4. The van der Waals surface area contributed by atoms with Gasteiger partial charge in [-0.1, -0.05) is 0 Å². The summed E-state index contributed by atoms with van der Waals surface area (Å²) in [5.41, 5.74) is -3.15. The van der Waals surface area contributed by atoms with Gasteiger partial charge in [0.1, 0.15) is 0 Å². The van der Waals surface area contributed by atoms with Crippen LogP contribution in [-0.4, -0.2) is 31.6 Å². The number of carboxylic acid groups (broad SMARTS) is 1. The average Bonchev–Trinajstić information content (AvgIpc) is 2.50. The predicted octanol–water partition coefficient (Wildman–Crippen LogP) is 0.738. The van der Waals surface area contributed by atoms with Crippen LogP contribution in [0.3, 0.4) is 0 Å². The van der Waals surface area contributed by atoms with Gasteiger partial charge in [-0.2, -0.15) is 18.3 Å². The molecule has 0 aliphatic rings. The van der Waals surface area contributed by atoms with Gasteiger partial charge in [-0.05, 0) is 6.92 Å². The second kappa shape index (κ2) is 3.78. The molecule has 0 aliphatic carbocycles. The third-order valence-corrected chi connectivity index (χ3v) is 1.89. The summed E-state index contributed by atoms with van der Waals surface area (Å²) in [7, 11) is 0. The Balaban J connectivity index is 2.85. The second-order valence-electron chi connectivity index (χ2n) is 3.50. The van der Waals surface area contributed by atoms with E-state index in [4.69, 9.17) is 5.11 Å². The van der Waals surface area contributed by atoms with Gasteiger partial charge in [0.15, 0.2) is 5.60 Å². The lowest BCUT2D eigenvalue weighted by molar-refractivity contribution is -0.158. The quantitative estimate of drug-likeness (QED) is 0.814. The molecule has 1 aromatic rings. The Morgan fingerprint density at radius 1 is 1.56 bits per heavy atom. The van der Waals surface area contributed by atoms with Crippen LogP contribution >= 0.6 is 0 Å². The van der Waals surface area contributed by atoms with E-state index in [2.05, 4.69) is 5.10 Å². The van der Waals surface area contributed by atoms with Crippen LogP contribution in [0.5, 0.6) is 0 Å². The summed E-state index contributed by atoms with van der Waals surface area (Å²) in [6, 6.07) is 0. The van der Waals surface area contributed by atoms with Crippen molar-refractivity contribution in [2.24, 2.45) is 0 Å². The minimum absolute atomic E-state index is 0.557. The standard InChI is InChI=1S/C8H9F3N2O3/c1-7(16,6(14)15)4-13-3-5(2-12-13)8(9,10)11/h2-3,16H,4H2,1H3,(H,14,15). The molecule has 90 valence electrons. The molecule has 1 atom stereocenters. The molecule has 0 aliphatic heterocycles. The first kappa shape index (κ1) is 12.5. The van der Waals surface area contributed by atoms with Crippen molar-refractivity contribution in [3.05, 3.63) is 18.0 Å². The number of carboxylic acids is 1. The fraction of sp³-hybridized carbons (Fsp3) is 0.500. The first-order chi connectivity index (χ1) is 7.13. The monoisotopic (exact) mass is 238 g/mol. The highest BCUT2D eigenvalue weighted by Gasteiger charge is 2.34. The number of aliphatic hydroxyl groups is 1. The molecule has 0 saturated carbocycles. The molecule has 0 fully saturated rings. The molecule has 1 unspecified atom stereocenters. The molecular weight excluding hydrogens is 229 g/mol. The van der Waals surface area contributed by atoms with Crippen molar-refractivity contribution in [1.29, 1.82) is 0 Å². The number of nitrogens with zero attached hydrogens (tertiary/aromatic N) is 2. The first-order valence-corrected chi connectivity index (χ1v) is 4.18. The summed E-state index contributed by atoms with van der Waals surface area (Å²) in [5, 5.41) is 21.2. The molecule has 1 rings (SSSR count). The number of alkyl halides is 3. The zero-order valence-electron chi connectivity index (χ0n) is 8.19. The maximum absolute atomic E-state index is 12.2. The SMILES string of the molecule is CC(O)(Cn1cc(C(F)(F)F)cn1)C(=O)O. The molecule has 0 saturated heterocycles. The highest BCUT2D eigenvalue weighted by Crippen LogP contribution is 2.28. The van der Waals surface area contributed by atoms with Crippen molar-refractivity contribution in [2.75, 3.05) is 0 Å². The normalized spacial score (nSPS) is 15.8. The number of aliphatic carboxylic acids is 1. The summed E-state index contributed by atoms with van der Waals surface area (Å²) in [4.78, 5) is 10.5. The third kappa shape index (κ3) is 2.72. The third-order valence-electron chi connectivity index (χ3n) is 1.89. The molecule has 1 aromatic heterocycles. The summed E-state index contributed by atoms with van der Waals surface area (Å²) in [5.74, 6) is -1.53. The van der Waals surface area contributed by atoms with Gasteiger partial charge in [-0.15, -0.1) is 0 Å². The smallest absolute Gasteiger partial charge is 0.419 e. The Hall–Kier alpha value is -1.57. The summed E-state index contributed by atoms with van der Waals surface area (Å²) in [6.07, 6.45) is -3.33. The van der Waals surface area contributed by atoms with Crippen LogP contribution in [0.2, 0.25) is 0 Å². The predicted molar refractivity (Wildman–Crippen MR) is 45.5 cm³/mol. The Kier molecular flexibility index (Phi) is 2.95. The number of hydrogen-bond acceptors (Lipinski definition) is 3. The van der Waals surface area contributed by atoms with Crippen molar-refractivity contribution in [1.82, 2.24) is 9.78 Å². The molecule has 0 aromatic carbocycles. The summed E-state index contributed by atoms with van der Waals surface area (Å²) >= 11 is 0. The van der Waals surface area contributed by atoms with Gasteiger partial charge in [0.05, 0.1) is 18.3 Å². The van der Waals surface area contributed by atoms with E-state index in [1.807, 2.05) is 0 Å². The molecule has 0 bridgehead atoms. The van der Waals surface area contributed by atoms with Gasteiger partial charge in [0, 0.05) is 6.20 Å². The molecule has 16 heavy (non-hydrogen) atoms. The van der Waals surface area contributed by atoms with E-state index in [1.54, 1.807) is 0 Å². The lowest BCUT2D eigenvalue weighted by atomic mass is 10.1. The zero-order chi connectivity index (χ0) is 12.6. The Morgan fingerprint density at radius 2 is 2.12 bits per heavy atom. The van der Waals surface area contributed by atoms with Crippen molar-refractivity contribution in [3.63, 3.8) is 0 Å². The maximum atomic E-state index is 12.2. The van der Waals surface area contributed by atoms with Crippen LogP contribution in [0.15, 0.2) is 12.4 Å². The molecule has 2 N–H and O–H groups in total. The number of rotatable bonds is 3.